The molecule has 2 N–H and O–H groups in total. The lowest BCUT2D eigenvalue weighted by Crippen LogP contribution is -2.47. The van der Waals surface area contributed by atoms with Gasteiger partial charge in [0, 0.05) is 11.6 Å². The van der Waals surface area contributed by atoms with E-state index in [2.05, 4.69) is 28.1 Å². The standard InChI is InChI=1S/C15H19N3O2S/c19-14(20)11-7-4-8-12(9-11)18-13(16-17-15(18)21)10-5-2-1-3-6-10/h1-3,5-6,11-12,15,17,21H,4,7-9H2,(H,19,20). The Morgan fingerprint density at radius 2 is 2.10 bits per heavy atom. The third-order valence-corrected chi connectivity index (χ3v) is 4.58. The summed E-state index contributed by atoms with van der Waals surface area (Å²) in [4.78, 5) is 13.4. The number of benzene rings is 1. The Kier molecular flexibility index (Phi) is 4.05. The minimum atomic E-state index is -0.694. The molecule has 0 amide bonds. The summed E-state index contributed by atoms with van der Waals surface area (Å²) in [6.45, 7) is 0. The van der Waals surface area contributed by atoms with Crippen LogP contribution in [0.3, 0.4) is 0 Å². The topological polar surface area (TPSA) is 64.9 Å². The third kappa shape index (κ3) is 2.85. The Balaban J connectivity index is 1.82. The molecule has 2 aliphatic rings. The minimum Gasteiger partial charge on any atom is -0.481 e. The Bertz CT molecular complexity index is 549. The fourth-order valence-corrected chi connectivity index (χ4v) is 3.52. The molecule has 1 aromatic rings. The average molecular weight is 305 g/mol. The van der Waals surface area contributed by atoms with E-state index in [-0.39, 0.29) is 17.5 Å². The van der Waals surface area contributed by atoms with E-state index in [1.807, 2.05) is 30.3 Å². The van der Waals surface area contributed by atoms with Crippen molar-refractivity contribution in [1.82, 2.24) is 10.3 Å². The number of rotatable bonds is 3. The highest BCUT2D eigenvalue weighted by atomic mass is 32.1. The van der Waals surface area contributed by atoms with E-state index >= 15 is 0 Å². The molecule has 0 spiro atoms. The largest absolute Gasteiger partial charge is 0.481 e. The zero-order chi connectivity index (χ0) is 14.8. The van der Waals surface area contributed by atoms with Crippen molar-refractivity contribution in [1.29, 1.82) is 0 Å². The lowest BCUT2D eigenvalue weighted by Gasteiger charge is -2.37. The number of hydrazone groups is 1. The summed E-state index contributed by atoms with van der Waals surface area (Å²) < 4.78 is 0. The summed E-state index contributed by atoms with van der Waals surface area (Å²) >= 11 is 4.54. The monoisotopic (exact) mass is 305 g/mol. The zero-order valence-electron chi connectivity index (χ0n) is 11.6. The first kappa shape index (κ1) is 14.3. The van der Waals surface area contributed by atoms with Gasteiger partial charge in [-0.05, 0) is 19.3 Å². The molecule has 3 atom stereocenters. The van der Waals surface area contributed by atoms with Crippen molar-refractivity contribution in [2.24, 2.45) is 11.0 Å². The van der Waals surface area contributed by atoms with E-state index in [0.717, 1.165) is 30.7 Å². The van der Waals surface area contributed by atoms with Gasteiger partial charge < -0.3 is 10.0 Å². The first-order chi connectivity index (χ1) is 10.2. The molecule has 21 heavy (non-hydrogen) atoms. The highest BCUT2D eigenvalue weighted by Gasteiger charge is 2.37. The first-order valence-corrected chi connectivity index (χ1v) is 7.76. The van der Waals surface area contributed by atoms with Crippen LogP contribution in [0.2, 0.25) is 0 Å². The number of nitrogens with one attached hydrogen (secondary N) is 1. The molecular weight excluding hydrogens is 286 g/mol. The first-order valence-electron chi connectivity index (χ1n) is 7.24. The fraction of sp³-hybridized carbons (Fsp3) is 0.467. The van der Waals surface area contributed by atoms with Gasteiger partial charge in [0.25, 0.3) is 0 Å². The van der Waals surface area contributed by atoms with Crippen LogP contribution in [-0.4, -0.2) is 33.4 Å². The molecular formula is C15H19N3O2S. The van der Waals surface area contributed by atoms with E-state index in [1.54, 1.807) is 0 Å². The molecule has 1 fully saturated rings. The molecule has 3 rings (SSSR count). The van der Waals surface area contributed by atoms with Crippen LogP contribution < -0.4 is 5.43 Å². The van der Waals surface area contributed by atoms with Crippen molar-refractivity contribution in [3.63, 3.8) is 0 Å². The van der Waals surface area contributed by atoms with Gasteiger partial charge in [0.15, 0.2) is 11.3 Å². The maximum absolute atomic E-state index is 11.3. The fourth-order valence-electron chi connectivity index (χ4n) is 3.17. The van der Waals surface area contributed by atoms with Gasteiger partial charge in [-0.3, -0.25) is 10.2 Å². The molecule has 1 aliphatic carbocycles. The number of amidine groups is 1. The third-order valence-electron chi connectivity index (χ3n) is 4.22. The molecule has 112 valence electrons. The highest BCUT2D eigenvalue weighted by molar-refractivity contribution is 7.80. The number of thiol groups is 1. The smallest absolute Gasteiger partial charge is 0.306 e. The number of carbonyl (C=O) groups is 1. The second kappa shape index (κ2) is 5.97. The van der Waals surface area contributed by atoms with Crippen LogP contribution in [0.25, 0.3) is 0 Å². The number of aliphatic carboxylic acids is 1. The van der Waals surface area contributed by atoms with Crippen LogP contribution in [0.4, 0.5) is 0 Å². The van der Waals surface area contributed by atoms with Crippen LogP contribution in [0.1, 0.15) is 31.2 Å². The van der Waals surface area contributed by atoms with Crippen LogP contribution in [0.5, 0.6) is 0 Å². The summed E-state index contributed by atoms with van der Waals surface area (Å²) in [5.41, 5.74) is 3.82. The van der Waals surface area contributed by atoms with E-state index in [1.165, 1.54) is 0 Å². The Hall–Kier alpha value is -1.69. The molecule has 1 aromatic carbocycles. The lowest BCUT2D eigenvalue weighted by molar-refractivity contribution is -0.143. The van der Waals surface area contributed by atoms with Crippen molar-refractivity contribution in [2.75, 3.05) is 0 Å². The molecule has 0 radical (unpaired) electrons. The van der Waals surface area contributed by atoms with E-state index in [0.29, 0.717) is 6.42 Å². The lowest BCUT2D eigenvalue weighted by atomic mass is 9.85. The number of carboxylic acid groups (broad SMARTS) is 1. The zero-order valence-corrected chi connectivity index (χ0v) is 12.5. The molecule has 0 aromatic heterocycles. The number of nitrogens with zero attached hydrogens (tertiary/aromatic N) is 2. The Morgan fingerprint density at radius 1 is 1.33 bits per heavy atom. The van der Waals surface area contributed by atoms with Crippen molar-refractivity contribution in [3.05, 3.63) is 35.9 Å². The molecule has 0 saturated heterocycles. The minimum absolute atomic E-state index is 0.163. The van der Waals surface area contributed by atoms with Gasteiger partial charge in [-0.2, -0.15) is 5.10 Å². The summed E-state index contributed by atoms with van der Waals surface area (Å²) in [7, 11) is 0. The summed E-state index contributed by atoms with van der Waals surface area (Å²) in [6.07, 6.45) is 3.33. The average Bonchev–Trinajstić information content (AvgIpc) is 2.90. The maximum atomic E-state index is 11.3. The predicted molar refractivity (Wildman–Crippen MR) is 84.1 cm³/mol. The molecule has 6 heteroatoms. The van der Waals surface area contributed by atoms with Crippen molar-refractivity contribution in [2.45, 2.75) is 37.2 Å². The second-order valence-corrected chi connectivity index (χ2v) is 6.06. The van der Waals surface area contributed by atoms with Gasteiger partial charge in [-0.25, -0.2) is 0 Å². The van der Waals surface area contributed by atoms with Crippen LogP contribution in [0, 0.1) is 5.92 Å². The van der Waals surface area contributed by atoms with Gasteiger partial charge in [0.1, 0.15) is 0 Å². The predicted octanol–water partition coefficient (Wildman–Crippen LogP) is 2.11. The molecule has 1 aliphatic heterocycles. The number of hydrogen-bond acceptors (Lipinski definition) is 5. The molecule has 0 bridgehead atoms. The number of hydrogen-bond donors (Lipinski definition) is 3. The second-order valence-electron chi connectivity index (χ2n) is 5.57. The Morgan fingerprint density at radius 3 is 2.81 bits per heavy atom. The van der Waals surface area contributed by atoms with Gasteiger partial charge >= 0.3 is 5.97 Å². The normalized spacial score (nSPS) is 28.9. The number of carboxylic acids is 1. The quantitative estimate of drug-likeness (QED) is 0.748. The molecule has 5 nitrogen and oxygen atoms in total. The molecule has 1 saturated carbocycles. The Labute approximate surface area is 129 Å². The van der Waals surface area contributed by atoms with E-state index in [9.17, 15) is 9.90 Å². The maximum Gasteiger partial charge on any atom is 0.306 e. The van der Waals surface area contributed by atoms with Gasteiger partial charge in [0.2, 0.25) is 0 Å². The van der Waals surface area contributed by atoms with E-state index in [4.69, 9.17) is 0 Å². The highest BCUT2D eigenvalue weighted by Crippen LogP contribution is 2.31. The van der Waals surface area contributed by atoms with Crippen LogP contribution >= 0.6 is 12.6 Å². The SMILES string of the molecule is O=C(O)C1CCCC(N2C(c3ccccc3)=NNC2S)C1. The van der Waals surface area contributed by atoms with Gasteiger partial charge in [-0.1, -0.05) is 36.8 Å². The summed E-state index contributed by atoms with van der Waals surface area (Å²) in [6, 6.07) is 10.1. The summed E-state index contributed by atoms with van der Waals surface area (Å²) in [5.74, 6) is -0.102. The van der Waals surface area contributed by atoms with Gasteiger partial charge in [0.05, 0.1) is 5.92 Å². The summed E-state index contributed by atoms with van der Waals surface area (Å²) in [5, 5.41) is 13.6. The molecule has 1 heterocycles. The van der Waals surface area contributed by atoms with Crippen LogP contribution in [0.15, 0.2) is 35.4 Å². The van der Waals surface area contributed by atoms with Crippen molar-refractivity contribution < 1.29 is 9.90 Å². The van der Waals surface area contributed by atoms with Gasteiger partial charge in [-0.15, -0.1) is 12.6 Å². The van der Waals surface area contributed by atoms with E-state index < -0.39 is 5.97 Å². The van der Waals surface area contributed by atoms with Crippen LogP contribution in [-0.2, 0) is 4.79 Å². The van der Waals surface area contributed by atoms with Crippen molar-refractivity contribution >= 4 is 24.4 Å². The van der Waals surface area contributed by atoms with Crippen molar-refractivity contribution in [3.8, 4) is 0 Å². The molecule has 3 unspecified atom stereocenters.